The highest BCUT2D eigenvalue weighted by atomic mass is 19.1. The van der Waals surface area contributed by atoms with E-state index in [-0.39, 0.29) is 11.7 Å². The highest BCUT2D eigenvalue weighted by Gasteiger charge is 2.24. The molecule has 1 aromatic rings. The van der Waals surface area contributed by atoms with Crippen molar-refractivity contribution in [2.45, 2.75) is 45.1 Å². The van der Waals surface area contributed by atoms with Crippen LogP contribution in [0.5, 0.6) is 0 Å². The van der Waals surface area contributed by atoms with Gasteiger partial charge in [-0.05, 0) is 49.8 Å². The summed E-state index contributed by atoms with van der Waals surface area (Å²) < 4.78 is 19.0. The monoisotopic (exact) mass is 265 g/mol. The summed E-state index contributed by atoms with van der Waals surface area (Å²) in [7, 11) is 0. The SMILES string of the molecule is CCC1CCC(OC(=O)c2ccc(N)cc2F)CC1. The zero-order valence-electron chi connectivity index (χ0n) is 11.2. The maximum Gasteiger partial charge on any atom is 0.341 e. The van der Waals surface area contributed by atoms with Crippen molar-refractivity contribution in [2.75, 3.05) is 5.73 Å². The second kappa shape index (κ2) is 6.04. The normalized spacial score (nSPS) is 23.1. The van der Waals surface area contributed by atoms with Crippen molar-refractivity contribution < 1.29 is 13.9 Å². The molecule has 1 saturated carbocycles. The van der Waals surface area contributed by atoms with Gasteiger partial charge >= 0.3 is 5.97 Å². The zero-order chi connectivity index (χ0) is 13.8. The fourth-order valence-electron chi connectivity index (χ4n) is 2.57. The number of nitrogens with two attached hydrogens (primary N) is 1. The third-order valence-corrected chi connectivity index (χ3v) is 3.86. The molecule has 1 aliphatic rings. The van der Waals surface area contributed by atoms with Gasteiger partial charge in [-0.1, -0.05) is 13.3 Å². The molecule has 0 bridgehead atoms. The van der Waals surface area contributed by atoms with Crippen molar-refractivity contribution in [1.82, 2.24) is 0 Å². The van der Waals surface area contributed by atoms with Crippen LogP contribution in [0.25, 0.3) is 0 Å². The van der Waals surface area contributed by atoms with E-state index >= 15 is 0 Å². The number of rotatable bonds is 3. The molecule has 0 aromatic heterocycles. The Morgan fingerprint density at radius 2 is 2.05 bits per heavy atom. The maximum absolute atomic E-state index is 13.6. The molecule has 104 valence electrons. The Balaban J connectivity index is 1.94. The number of anilines is 1. The topological polar surface area (TPSA) is 52.3 Å². The molecule has 2 N–H and O–H groups in total. The Bertz CT molecular complexity index is 453. The molecular weight excluding hydrogens is 245 g/mol. The largest absolute Gasteiger partial charge is 0.459 e. The van der Waals surface area contributed by atoms with Gasteiger partial charge in [-0.2, -0.15) is 0 Å². The van der Waals surface area contributed by atoms with Gasteiger partial charge in [-0.15, -0.1) is 0 Å². The lowest BCUT2D eigenvalue weighted by atomic mass is 9.86. The molecule has 2 rings (SSSR count). The summed E-state index contributed by atoms with van der Waals surface area (Å²) in [6, 6.07) is 4.03. The molecule has 19 heavy (non-hydrogen) atoms. The van der Waals surface area contributed by atoms with Crippen LogP contribution < -0.4 is 5.73 Å². The van der Waals surface area contributed by atoms with Gasteiger partial charge in [-0.25, -0.2) is 9.18 Å². The van der Waals surface area contributed by atoms with Crippen molar-refractivity contribution in [3.8, 4) is 0 Å². The number of carbonyl (C=O) groups is 1. The quantitative estimate of drug-likeness (QED) is 0.672. The first-order chi connectivity index (χ1) is 9.10. The molecule has 0 saturated heterocycles. The first kappa shape index (κ1) is 13.8. The molecule has 0 spiro atoms. The van der Waals surface area contributed by atoms with E-state index in [4.69, 9.17) is 10.5 Å². The number of hydrogen-bond acceptors (Lipinski definition) is 3. The van der Waals surface area contributed by atoms with E-state index < -0.39 is 11.8 Å². The van der Waals surface area contributed by atoms with Gasteiger partial charge in [0.25, 0.3) is 0 Å². The Morgan fingerprint density at radius 1 is 1.37 bits per heavy atom. The molecule has 0 atom stereocenters. The number of carbonyl (C=O) groups excluding carboxylic acids is 1. The number of hydrogen-bond donors (Lipinski definition) is 1. The average molecular weight is 265 g/mol. The molecule has 1 aliphatic carbocycles. The minimum atomic E-state index is -0.618. The Kier molecular flexibility index (Phi) is 4.40. The lowest BCUT2D eigenvalue weighted by molar-refractivity contribution is 0.0159. The second-order valence-corrected chi connectivity index (χ2v) is 5.20. The summed E-state index contributed by atoms with van der Waals surface area (Å²) in [5.41, 5.74) is 5.72. The molecule has 0 amide bonds. The number of nitrogen functional groups attached to an aromatic ring is 1. The van der Waals surface area contributed by atoms with Gasteiger partial charge < -0.3 is 10.5 Å². The van der Waals surface area contributed by atoms with Crippen molar-refractivity contribution in [2.24, 2.45) is 5.92 Å². The van der Waals surface area contributed by atoms with Crippen molar-refractivity contribution in [3.63, 3.8) is 0 Å². The molecule has 0 radical (unpaired) electrons. The van der Waals surface area contributed by atoms with Crippen LogP contribution in [0.4, 0.5) is 10.1 Å². The summed E-state index contributed by atoms with van der Waals surface area (Å²) in [5.74, 6) is -0.465. The van der Waals surface area contributed by atoms with Gasteiger partial charge in [0.05, 0.1) is 5.56 Å². The fourth-order valence-corrected chi connectivity index (χ4v) is 2.57. The molecule has 3 nitrogen and oxygen atoms in total. The molecule has 0 aliphatic heterocycles. The van der Waals surface area contributed by atoms with Crippen LogP contribution in [-0.4, -0.2) is 12.1 Å². The lowest BCUT2D eigenvalue weighted by Gasteiger charge is -2.27. The van der Waals surface area contributed by atoms with Crippen LogP contribution in [0, 0.1) is 11.7 Å². The molecule has 1 fully saturated rings. The average Bonchev–Trinajstić information content (AvgIpc) is 2.39. The predicted molar refractivity (Wildman–Crippen MR) is 72.3 cm³/mol. The van der Waals surface area contributed by atoms with E-state index in [1.54, 1.807) is 0 Å². The number of halogens is 1. The van der Waals surface area contributed by atoms with Crippen LogP contribution in [0.2, 0.25) is 0 Å². The summed E-state index contributed by atoms with van der Waals surface area (Å²) >= 11 is 0. The second-order valence-electron chi connectivity index (χ2n) is 5.20. The summed E-state index contributed by atoms with van der Waals surface area (Å²) in [6.45, 7) is 2.18. The van der Waals surface area contributed by atoms with E-state index in [0.717, 1.165) is 37.7 Å². The highest BCUT2D eigenvalue weighted by Crippen LogP contribution is 2.29. The minimum absolute atomic E-state index is 0.0354. The molecule has 4 heteroatoms. The van der Waals surface area contributed by atoms with Gasteiger partial charge in [0.15, 0.2) is 0 Å². The third kappa shape index (κ3) is 3.46. The molecule has 0 heterocycles. The van der Waals surface area contributed by atoms with Crippen molar-refractivity contribution in [3.05, 3.63) is 29.6 Å². The van der Waals surface area contributed by atoms with Crippen LogP contribution >= 0.6 is 0 Å². The fraction of sp³-hybridized carbons (Fsp3) is 0.533. The van der Waals surface area contributed by atoms with E-state index in [1.165, 1.54) is 18.6 Å². The Hall–Kier alpha value is -1.58. The van der Waals surface area contributed by atoms with E-state index in [2.05, 4.69) is 6.92 Å². The predicted octanol–water partition coefficient (Wildman–Crippen LogP) is 3.53. The first-order valence-corrected chi connectivity index (χ1v) is 6.86. The van der Waals surface area contributed by atoms with E-state index in [1.807, 2.05) is 0 Å². The maximum atomic E-state index is 13.6. The molecule has 1 aromatic carbocycles. The molecular formula is C15H20FNO2. The summed E-state index contributed by atoms with van der Waals surface area (Å²) in [5, 5.41) is 0. The lowest BCUT2D eigenvalue weighted by Crippen LogP contribution is -2.24. The summed E-state index contributed by atoms with van der Waals surface area (Å²) in [4.78, 5) is 11.9. The van der Waals surface area contributed by atoms with Crippen LogP contribution in [-0.2, 0) is 4.74 Å². The number of esters is 1. The highest BCUT2D eigenvalue weighted by molar-refractivity contribution is 5.90. The smallest absolute Gasteiger partial charge is 0.341 e. The molecule has 0 unspecified atom stereocenters. The Morgan fingerprint density at radius 3 is 2.63 bits per heavy atom. The zero-order valence-corrected chi connectivity index (χ0v) is 11.2. The van der Waals surface area contributed by atoms with Crippen molar-refractivity contribution >= 4 is 11.7 Å². The van der Waals surface area contributed by atoms with Crippen LogP contribution in [0.1, 0.15) is 49.4 Å². The number of benzene rings is 1. The van der Waals surface area contributed by atoms with Crippen LogP contribution in [0.15, 0.2) is 18.2 Å². The standard InChI is InChI=1S/C15H20FNO2/c1-2-10-3-6-12(7-4-10)19-15(18)13-8-5-11(17)9-14(13)16/h5,8-10,12H,2-4,6-7,17H2,1H3. The van der Waals surface area contributed by atoms with Gasteiger partial charge in [-0.3, -0.25) is 0 Å². The first-order valence-electron chi connectivity index (χ1n) is 6.86. The van der Waals surface area contributed by atoms with Gasteiger partial charge in [0.1, 0.15) is 11.9 Å². The summed E-state index contributed by atoms with van der Waals surface area (Å²) in [6.07, 6.45) is 5.01. The van der Waals surface area contributed by atoms with Gasteiger partial charge in [0.2, 0.25) is 0 Å². The van der Waals surface area contributed by atoms with Gasteiger partial charge in [0, 0.05) is 5.69 Å². The van der Waals surface area contributed by atoms with E-state index in [0.29, 0.717) is 5.69 Å². The third-order valence-electron chi connectivity index (χ3n) is 3.86. The Labute approximate surface area is 112 Å². The van der Waals surface area contributed by atoms with Crippen LogP contribution in [0.3, 0.4) is 0 Å². The minimum Gasteiger partial charge on any atom is -0.459 e. The number of ether oxygens (including phenoxy) is 1. The van der Waals surface area contributed by atoms with Crippen molar-refractivity contribution in [1.29, 1.82) is 0 Å². The van der Waals surface area contributed by atoms with E-state index in [9.17, 15) is 9.18 Å².